The molecule has 1 aromatic carbocycles. The van der Waals surface area contributed by atoms with Crippen molar-refractivity contribution in [2.45, 2.75) is 0 Å². The molecule has 0 aromatic heterocycles. The molecule has 0 aliphatic carbocycles. The summed E-state index contributed by atoms with van der Waals surface area (Å²) in [4.78, 5) is 11.5. The Kier molecular flexibility index (Phi) is 4.77. The molecule has 0 atom stereocenters. The minimum atomic E-state index is -3.51. The van der Waals surface area contributed by atoms with Crippen LogP contribution in [0.15, 0.2) is 24.3 Å². The van der Waals surface area contributed by atoms with E-state index >= 15 is 0 Å². The van der Waals surface area contributed by atoms with E-state index in [1.807, 2.05) is 0 Å². The highest BCUT2D eigenvalue weighted by Gasteiger charge is 2.14. The highest BCUT2D eigenvalue weighted by Crippen LogP contribution is 2.16. The van der Waals surface area contributed by atoms with Gasteiger partial charge in [0.05, 0.1) is 17.0 Å². The molecule has 0 unspecified atom stereocenters. The van der Waals surface area contributed by atoms with Crippen molar-refractivity contribution in [1.29, 1.82) is 0 Å². The average molecular weight is 277 g/mol. The van der Waals surface area contributed by atoms with Gasteiger partial charge in [0.1, 0.15) is 0 Å². The minimum Gasteiger partial charge on any atom is -0.355 e. The zero-order valence-electron chi connectivity index (χ0n) is 9.23. The first-order valence-electron chi connectivity index (χ1n) is 4.87. The molecule has 0 aliphatic heterocycles. The van der Waals surface area contributed by atoms with Gasteiger partial charge in [0.15, 0.2) is 0 Å². The molecular weight excluding hydrogens is 264 g/mol. The first-order valence-corrected chi connectivity index (χ1v) is 7.06. The van der Waals surface area contributed by atoms with Gasteiger partial charge in [-0.2, -0.15) is 0 Å². The molecule has 94 valence electrons. The number of sulfonamides is 1. The predicted octanol–water partition coefficient (Wildman–Crippen LogP) is 1.03. The van der Waals surface area contributed by atoms with Gasteiger partial charge >= 0.3 is 0 Å². The van der Waals surface area contributed by atoms with E-state index in [9.17, 15) is 13.2 Å². The lowest BCUT2D eigenvalue weighted by molar-refractivity contribution is 0.0964. The number of para-hydroxylation sites is 1. The molecule has 1 rings (SSSR count). The minimum absolute atomic E-state index is 0.00251. The first kappa shape index (κ1) is 13.8. The fraction of sp³-hybridized carbons (Fsp3) is 0.300. The van der Waals surface area contributed by atoms with Crippen LogP contribution < -0.4 is 10.0 Å². The smallest absolute Gasteiger partial charge is 0.253 e. The van der Waals surface area contributed by atoms with Crippen LogP contribution in [0.2, 0.25) is 0 Å². The van der Waals surface area contributed by atoms with Crippen molar-refractivity contribution in [2.24, 2.45) is 0 Å². The Bertz CT molecular complexity index is 502. The molecule has 1 amide bonds. The second kappa shape index (κ2) is 5.88. The Hall–Kier alpha value is -1.27. The normalized spacial score (nSPS) is 10.9. The molecule has 1 aromatic rings. The van der Waals surface area contributed by atoms with Crippen LogP contribution in [0.5, 0.6) is 0 Å². The zero-order valence-corrected chi connectivity index (χ0v) is 10.8. The molecule has 0 saturated heterocycles. The summed E-state index contributed by atoms with van der Waals surface area (Å²) in [6.07, 6.45) is 0. The van der Waals surface area contributed by atoms with Crippen molar-refractivity contribution in [3.8, 4) is 0 Å². The largest absolute Gasteiger partial charge is 0.355 e. The molecular formula is C10H13ClN2O3S. The molecule has 0 heterocycles. The molecule has 2 N–H and O–H groups in total. The predicted molar refractivity (Wildman–Crippen MR) is 68.0 cm³/mol. The fourth-order valence-electron chi connectivity index (χ4n) is 1.22. The van der Waals surface area contributed by atoms with Crippen molar-refractivity contribution in [3.63, 3.8) is 0 Å². The molecule has 0 saturated carbocycles. The number of hydrogen-bond donors (Lipinski definition) is 2. The van der Waals surface area contributed by atoms with Gasteiger partial charge in [0.2, 0.25) is 10.0 Å². The molecule has 5 nitrogen and oxygen atoms in total. The van der Waals surface area contributed by atoms with Crippen LogP contribution in [0.4, 0.5) is 5.69 Å². The quantitative estimate of drug-likeness (QED) is 0.789. The van der Waals surface area contributed by atoms with E-state index in [1.165, 1.54) is 19.2 Å². The SMILES string of the molecule is CNC(=O)c1ccccc1NS(=O)(=O)CCCl. The number of amides is 1. The van der Waals surface area contributed by atoms with E-state index < -0.39 is 10.0 Å². The van der Waals surface area contributed by atoms with E-state index in [1.54, 1.807) is 12.1 Å². The van der Waals surface area contributed by atoms with Crippen LogP contribution >= 0.6 is 11.6 Å². The Morgan fingerprint density at radius 3 is 2.59 bits per heavy atom. The lowest BCUT2D eigenvalue weighted by Crippen LogP contribution is -2.23. The van der Waals surface area contributed by atoms with E-state index in [-0.39, 0.29) is 28.8 Å². The summed E-state index contributed by atoms with van der Waals surface area (Å²) in [6, 6.07) is 6.36. The van der Waals surface area contributed by atoms with Crippen LogP contribution in [0.25, 0.3) is 0 Å². The molecule has 0 spiro atoms. The van der Waals surface area contributed by atoms with E-state index in [0.29, 0.717) is 0 Å². The topological polar surface area (TPSA) is 75.3 Å². The lowest BCUT2D eigenvalue weighted by Gasteiger charge is -2.10. The molecule has 7 heteroatoms. The summed E-state index contributed by atoms with van der Waals surface area (Å²) in [5, 5.41) is 2.44. The van der Waals surface area contributed by atoms with E-state index in [4.69, 9.17) is 11.6 Å². The number of alkyl halides is 1. The van der Waals surface area contributed by atoms with Crippen molar-refractivity contribution in [2.75, 3.05) is 23.4 Å². The van der Waals surface area contributed by atoms with Gasteiger partial charge in [0, 0.05) is 12.9 Å². The third kappa shape index (κ3) is 3.90. The first-order chi connectivity index (χ1) is 8.00. The van der Waals surface area contributed by atoms with Crippen LogP contribution in [-0.4, -0.2) is 33.0 Å². The number of benzene rings is 1. The summed E-state index contributed by atoms with van der Waals surface area (Å²) >= 11 is 5.38. The monoisotopic (exact) mass is 276 g/mol. The second-order valence-electron chi connectivity index (χ2n) is 3.23. The third-order valence-electron chi connectivity index (χ3n) is 2.01. The zero-order chi connectivity index (χ0) is 12.9. The van der Waals surface area contributed by atoms with Gasteiger partial charge < -0.3 is 5.32 Å². The fourth-order valence-corrected chi connectivity index (χ4v) is 2.65. The molecule has 17 heavy (non-hydrogen) atoms. The maximum Gasteiger partial charge on any atom is 0.253 e. The van der Waals surface area contributed by atoms with E-state index in [2.05, 4.69) is 10.0 Å². The van der Waals surface area contributed by atoms with Gasteiger partial charge in [-0.15, -0.1) is 11.6 Å². The molecule has 0 fully saturated rings. The Balaban J connectivity index is 3.03. The number of nitrogens with one attached hydrogen (secondary N) is 2. The molecule has 0 aliphatic rings. The lowest BCUT2D eigenvalue weighted by atomic mass is 10.2. The van der Waals surface area contributed by atoms with Crippen molar-refractivity contribution in [1.82, 2.24) is 5.32 Å². The highest BCUT2D eigenvalue weighted by atomic mass is 35.5. The Labute approximate surface area is 105 Å². The Morgan fingerprint density at radius 2 is 2.00 bits per heavy atom. The summed E-state index contributed by atoms with van der Waals surface area (Å²) < 4.78 is 25.4. The van der Waals surface area contributed by atoms with Crippen LogP contribution in [0, 0.1) is 0 Å². The standard InChI is InChI=1S/C10H13ClN2O3S/c1-12-10(14)8-4-2-3-5-9(8)13-17(15,16)7-6-11/h2-5,13H,6-7H2,1H3,(H,12,14). The third-order valence-corrected chi connectivity index (χ3v) is 3.70. The van der Waals surface area contributed by atoms with Crippen LogP contribution in [-0.2, 0) is 10.0 Å². The number of hydrogen-bond acceptors (Lipinski definition) is 3. The maximum atomic E-state index is 11.5. The summed E-state index contributed by atoms with van der Waals surface area (Å²) in [5.41, 5.74) is 0.519. The molecule has 0 radical (unpaired) electrons. The second-order valence-corrected chi connectivity index (χ2v) is 5.45. The van der Waals surface area contributed by atoms with Gasteiger partial charge in [0.25, 0.3) is 5.91 Å². The van der Waals surface area contributed by atoms with Gasteiger partial charge in [-0.1, -0.05) is 12.1 Å². The van der Waals surface area contributed by atoms with Crippen LogP contribution in [0.1, 0.15) is 10.4 Å². The average Bonchev–Trinajstić information content (AvgIpc) is 2.28. The van der Waals surface area contributed by atoms with Crippen LogP contribution in [0.3, 0.4) is 0 Å². The van der Waals surface area contributed by atoms with Crippen molar-refractivity contribution >= 4 is 33.2 Å². The van der Waals surface area contributed by atoms with E-state index in [0.717, 1.165) is 0 Å². The Morgan fingerprint density at radius 1 is 1.35 bits per heavy atom. The molecule has 0 bridgehead atoms. The van der Waals surface area contributed by atoms with Crippen molar-refractivity contribution in [3.05, 3.63) is 29.8 Å². The summed E-state index contributed by atoms with van der Waals surface area (Å²) in [7, 11) is -2.03. The maximum absolute atomic E-state index is 11.5. The highest BCUT2D eigenvalue weighted by molar-refractivity contribution is 7.92. The summed E-state index contributed by atoms with van der Waals surface area (Å²) in [5.74, 6) is -0.553. The van der Waals surface area contributed by atoms with Gasteiger partial charge in [-0.05, 0) is 12.1 Å². The van der Waals surface area contributed by atoms with Crippen molar-refractivity contribution < 1.29 is 13.2 Å². The summed E-state index contributed by atoms with van der Waals surface area (Å²) in [6.45, 7) is 0. The van der Waals surface area contributed by atoms with Gasteiger partial charge in [-0.25, -0.2) is 8.42 Å². The number of carbonyl (C=O) groups is 1. The number of carbonyl (C=O) groups excluding carboxylic acids is 1. The van der Waals surface area contributed by atoms with Gasteiger partial charge in [-0.3, -0.25) is 9.52 Å². The number of halogens is 1. The number of rotatable bonds is 5. The number of anilines is 1.